The molecule has 0 aliphatic heterocycles. The van der Waals surface area contributed by atoms with Crippen molar-refractivity contribution in [2.75, 3.05) is 30.2 Å². The fourth-order valence-electron chi connectivity index (χ4n) is 0.903. The molecular weight excluding hydrogens is 242 g/mol. The Morgan fingerprint density at radius 2 is 2.00 bits per heavy atom. The molecule has 14 heavy (non-hydrogen) atoms. The van der Waals surface area contributed by atoms with Gasteiger partial charge >= 0.3 is 0 Å². The first-order valence-corrected chi connectivity index (χ1v) is 8.22. The van der Waals surface area contributed by atoms with Crippen molar-refractivity contribution in [3.05, 3.63) is 0 Å². The smallest absolute Gasteiger partial charge is 0.211 e. The molecule has 0 saturated heterocycles. The van der Waals surface area contributed by atoms with Crippen LogP contribution in [0.3, 0.4) is 0 Å². The van der Waals surface area contributed by atoms with Crippen molar-refractivity contribution in [2.45, 2.75) is 19.3 Å². The topological polar surface area (TPSA) is 46.2 Å². The Balaban J connectivity index is 3.52. The molecular formula is C8H18ClNO2S2. The number of sulfonamides is 1. The maximum atomic E-state index is 11.3. The summed E-state index contributed by atoms with van der Waals surface area (Å²) in [5.41, 5.74) is 0. The zero-order chi connectivity index (χ0) is 10.9. The zero-order valence-electron chi connectivity index (χ0n) is 8.46. The average Bonchev–Trinajstić information content (AvgIpc) is 2.13. The van der Waals surface area contributed by atoms with Gasteiger partial charge in [0.05, 0.1) is 5.75 Å². The number of hydrogen-bond donors (Lipinski definition) is 1. The lowest BCUT2D eigenvalue weighted by Gasteiger charge is -2.05. The lowest BCUT2D eigenvalue weighted by Crippen LogP contribution is -2.27. The van der Waals surface area contributed by atoms with Crippen LogP contribution in [0.25, 0.3) is 0 Å². The Morgan fingerprint density at radius 1 is 1.29 bits per heavy atom. The Hall–Kier alpha value is 0.550. The summed E-state index contributed by atoms with van der Waals surface area (Å²) in [5.74, 6) is 1.71. The maximum absolute atomic E-state index is 11.3. The molecule has 0 heterocycles. The van der Waals surface area contributed by atoms with Crippen molar-refractivity contribution < 1.29 is 8.42 Å². The van der Waals surface area contributed by atoms with E-state index in [4.69, 9.17) is 11.6 Å². The number of unbranched alkanes of at least 4 members (excludes halogenated alkanes) is 1. The van der Waals surface area contributed by atoms with Gasteiger partial charge in [0, 0.05) is 12.4 Å². The van der Waals surface area contributed by atoms with Crippen LogP contribution in [-0.2, 0) is 10.0 Å². The first kappa shape index (κ1) is 14.6. The molecule has 0 aliphatic carbocycles. The van der Waals surface area contributed by atoms with E-state index in [1.54, 1.807) is 11.8 Å². The number of halogens is 1. The summed E-state index contributed by atoms with van der Waals surface area (Å²) < 4.78 is 25.2. The van der Waals surface area contributed by atoms with E-state index >= 15 is 0 Å². The highest BCUT2D eigenvalue weighted by Gasteiger charge is 2.07. The molecule has 0 aromatic carbocycles. The Kier molecular flexibility index (Phi) is 9.17. The molecule has 1 N–H and O–H groups in total. The molecule has 0 fully saturated rings. The molecule has 0 aromatic heterocycles. The van der Waals surface area contributed by atoms with Crippen LogP contribution in [-0.4, -0.2) is 38.6 Å². The highest BCUT2D eigenvalue weighted by molar-refractivity contribution is 7.98. The molecule has 3 nitrogen and oxygen atoms in total. The van der Waals surface area contributed by atoms with Crippen molar-refractivity contribution in [3.8, 4) is 0 Å². The molecule has 0 amide bonds. The van der Waals surface area contributed by atoms with E-state index in [0.717, 1.165) is 18.6 Å². The molecule has 0 spiro atoms. The van der Waals surface area contributed by atoms with Gasteiger partial charge < -0.3 is 0 Å². The third-order valence-electron chi connectivity index (χ3n) is 1.64. The van der Waals surface area contributed by atoms with Crippen LogP contribution in [0.2, 0.25) is 0 Å². The highest BCUT2D eigenvalue weighted by atomic mass is 35.5. The zero-order valence-corrected chi connectivity index (χ0v) is 10.8. The minimum atomic E-state index is -3.05. The lowest BCUT2D eigenvalue weighted by atomic mass is 10.4. The first-order valence-electron chi connectivity index (χ1n) is 4.64. The molecule has 86 valence electrons. The van der Waals surface area contributed by atoms with Gasteiger partial charge in [-0.25, -0.2) is 13.1 Å². The quantitative estimate of drug-likeness (QED) is 0.506. The summed E-state index contributed by atoms with van der Waals surface area (Å²) in [6.45, 7) is 0.546. The highest BCUT2D eigenvalue weighted by Crippen LogP contribution is 1.98. The molecule has 0 bridgehead atoms. The third kappa shape index (κ3) is 9.12. The van der Waals surface area contributed by atoms with Crippen molar-refractivity contribution in [1.82, 2.24) is 4.72 Å². The average molecular weight is 260 g/mol. The van der Waals surface area contributed by atoms with Crippen molar-refractivity contribution in [2.24, 2.45) is 0 Å². The lowest BCUT2D eigenvalue weighted by molar-refractivity contribution is 0.578. The van der Waals surface area contributed by atoms with Crippen LogP contribution in [0.15, 0.2) is 0 Å². The van der Waals surface area contributed by atoms with E-state index in [-0.39, 0.29) is 5.75 Å². The standard InChI is InChI=1S/C8H18ClNO2S2/c1-13-7-4-6-10-14(11,12)8-3-2-5-9/h10H,2-8H2,1H3. The monoisotopic (exact) mass is 259 g/mol. The Labute approximate surface area is 96.0 Å². The molecule has 0 aliphatic rings. The van der Waals surface area contributed by atoms with Gasteiger partial charge in [-0.2, -0.15) is 11.8 Å². The second kappa shape index (κ2) is 8.83. The summed E-state index contributed by atoms with van der Waals surface area (Å²) in [7, 11) is -3.05. The van der Waals surface area contributed by atoms with Crippen LogP contribution in [0.5, 0.6) is 0 Å². The summed E-state index contributed by atoms with van der Waals surface area (Å²) in [4.78, 5) is 0. The third-order valence-corrected chi connectivity index (χ3v) is 4.08. The molecule has 0 unspecified atom stereocenters. The number of hydrogen-bond acceptors (Lipinski definition) is 3. The van der Waals surface area contributed by atoms with Crippen LogP contribution < -0.4 is 4.72 Å². The van der Waals surface area contributed by atoms with E-state index in [1.807, 2.05) is 6.26 Å². The van der Waals surface area contributed by atoms with Crippen molar-refractivity contribution in [3.63, 3.8) is 0 Å². The van der Waals surface area contributed by atoms with E-state index in [2.05, 4.69) is 4.72 Å². The predicted molar refractivity (Wildman–Crippen MR) is 64.7 cm³/mol. The van der Waals surface area contributed by atoms with Gasteiger partial charge in [-0.3, -0.25) is 0 Å². The van der Waals surface area contributed by atoms with E-state index in [9.17, 15) is 8.42 Å². The van der Waals surface area contributed by atoms with Crippen LogP contribution in [0.1, 0.15) is 19.3 Å². The van der Waals surface area contributed by atoms with E-state index < -0.39 is 10.0 Å². The Bertz CT molecular complexity index is 219. The molecule has 0 atom stereocenters. The predicted octanol–water partition coefficient (Wildman–Crippen LogP) is 1.68. The molecule has 0 radical (unpaired) electrons. The SMILES string of the molecule is CSCCCNS(=O)(=O)CCCCCl. The summed E-state index contributed by atoms with van der Waals surface area (Å²) in [5, 5.41) is 0. The van der Waals surface area contributed by atoms with Crippen molar-refractivity contribution in [1.29, 1.82) is 0 Å². The van der Waals surface area contributed by atoms with E-state index in [0.29, 0.717) is 18.8 Å². The van der Waals surface area contributed by atoms with Gasteiger partial charge in [-0.1, -0.05) is 0 Å². The van der Waals surface area contributed by atoms with Gasteiger partial charge in [-0.05, 0) is 31.3 Å². The minimum Gasteiger partial charge on any atom is -0.215 e. The Morgan fingerprint density at radius 3 is 2.57 bits per heavy atom. The maximum Gasteiger partial charge on any atom is 0.211 e. The van der Waals surface area contributed by atoms with Crippen LogP contribution in [0.4, 0.5) is 0 Å². The van der Waals surface area contributed by atoms with Gasteiger partial charge in [0.25, 0.3) is 0 Å². The minimum absolute atomic E-state index is 0.193. The van der Waals surface area contributed by atoms with Gasteiger partial charge in [0.15, 0.2) is 0 Å². The van der Waals surface area contributed by atoms with Gasteiger partial charge in [0.2, 0.25) is 10.0 Å². The first-order chi connectivity index (χ1) is 6.62. The number of alkyl halides is 1. The summed E-state index contributed by atoms with van der Waals surface area (Å²) >= 11 is 7.18. The van der Waals surface area contributed by atoms with Gasteiger partial charge in [-0.15, -0.1) is 11.6 Å². The molecule has 0 saturated carbocycles. The normalized spacial score (nSPS) is 11.9. The number of rotatable bonds is 9. The fraction of sp³-hybridized carbons (Fsp3) is 1.00. The summed E-state index contributed by atoms with van der Waals surface area (Å²) in [6.07, 6.45) is 4.29. The van der Waals surface area contributed by atoms with Crippen molar-refractivity contribution >= 4 is 33.4 Å². The second-order valence-electron chi connectivity index (χ2n) is 2.96. The van der Waals surface area contributed by atoms with Gasteiger partial charge in [0.1, 0.15) is 0 Å². The molecule has 0 aromatic rings. The largest absolute Gasteiger partial charge is 0.215 e. The van der Waals surface area contributed by atoms with Crippen LogP contribution in [0, 0.1) is 0 Å². The van der Waals surface area contributed by atoms with E-state index in [1.165, 1.54) is 0 Å². The fourth-order valence-corrected chi connectivity index (χ4v) is 2.71. The van der Waals surface area contributed by atoms with Crippen LogP contribution >= 0.6 is 23.4 Å². The molecule has 6 heteroatoms. The molecule has 0 rings (SSSR count). The summed E-state index contributed by atoms with van der Waals surface area (Å²) in [6, 6.07) is 0. The number of thioether (sulfide) groups is 1. The second-order valence-corrected chi connectivity index (χ2v) is 6.25. The number of nitrogens with one attached hydrogen (secondary N) is 1.